The third-order valence-electron chi connectivity index (χ3n) is 8.51. The first-order valence-electron chi connectivity index (χ1n) is 17.6. The number of nitrogens with zero attached hydrogens (tertiary/aromatic N) is 4. The summed E-state index contributed by atoms with van der Waals surface area (Å²) in [4.78, 5) is 16.7. The van der Waals surface area contributed by atoms with Gasteiger partial charge in [-0.05, 0) is 97.0 Å². The quantitative estimate of drug-likeness (QED) is 0.108. The van der Waals surface area contributed by atoms with Crippen molar-refractivity contribution in [2.24, 2.45) is 0 Å². The highest BCUT2D eigenvalue weighted by Crippen LogP contribution is 2.33. The monoisotopic (exact) mass is 683 g/mol. The van der Waals surface area contributed by atoms with E-state index in [9.17, 15) is 9.00 Å². The maximum Gasteiger partial charge on any atom is 0.251 e. The van der Waals surface area contributed by atoms with Crippen LogP contribution in [0.15, 0.2) is 83.5 Å². The van der Waals surface area contributed by atoms with Gasteiger partial charge in [-0.1, -0.05) is 45.4 Å². The maximum absolute atomic E-state index is 13.6. The van der Waals surface area contributed by atoms with Crippen LogP contribution >= 0.6 is 0 Å². The van der Waals surface area contributed by atoms with Crippen LogP contribution in [0.25, 0.3) is 17.2 Å². The van der Waals surface area contributed by atoms with E-state index in [1.807, 2.05) is 47.0 Å². The molecule has 1 aliphatic rings. The third kappa shape index (κ3) is 10.1. The van der Waals surface area contributed by atoms with Gasteiger partial charge >= 0.3 is 0 Å². The van der Waals surface area contributed by atoms with Gasteiger partial charge in [0.25, 0.3) is 5.91 Å². The largest absolute Gasteiger partial charge is 0.491 e. The molecule has 0 aliphatic carbocycles. The Morgan fingerprint density at radius 3 is 2.43 bits per heavy atom. The van der Waals surface area contributed by atoms with E-state index in [2.05, 4.69) is 71.5 Å². The van der Waals surface area contributed by atoms with E-state index in [1.165, 1.54) is 0 Å². The molecule has 10 heteroatoms. The zero-order valence-corrected chi connectivity index (χ0v) is 29.8. The SMILES string of the molecule is CCCCOCCOc1ccc(-c2ccc3c(c2)C=C(C(=O)Nc2ccc(S(=O)CCc4nncn4CCC)cc2)CCN3CCC)cc1. The molecule has 1 atom stereocenters. The van der Waals surface area contributed by atoms with Gasteiger partial charge in [-0.2, -0.15) is 0 Å². The number of anilines is 2. The number of carbonyl (C=O) groups excluding carboxylic acids is 1. The van der Waals surface area contributed by atoms with Crippen molar-refractivity contribution in [3.63, 3.8) is 0 Å². The van der Waals surface area contributed by atoms with Gasteiger partial charge in [0.2, 0.25) is 0 Å². The molecule has 0 spiro atoms. The molecule has 0 saturated heterocycles. The van der Waals surface area contributed by atoms with E-state index in [-0.39, 0.29) is 5.91 Å². The van der Waals surface area contributed by atoms with Crippen LogP contribution in [0, 0.1) is 0 Å². The molecule has 1 N–H and O–H groups in total. The molecule has 9 nitrogen and oxygen atoms in total. The van der Waals surface area contributed by atoms with E-state index in [0.29, 0.717) is 37.5 Å². The summed E-state index contributed by atoms with van der Waals surface area (Å²) in [7, 11) is -1.18. The van der Waals surface area contributed by atoms with Gasteiger partial charge in [0, 0.05) is 60.3 Å². The highest BCUT2D eigenvalue weighted by Gasteiger charge is 2.20. The highest BCUT2D eigenvalue weighted by molar-refractivity contribution is 7.85. The summed E-state index contributed by atoms with van der Waals surface area (Å²) in [5.41, 5.74) is 5.73. The number of nitrogens with one attached hydrogen (secondary N) is 1. The molecule has 3 aromatic carbocycles. The molecule has 1 aromatic heterocycles. The van der Waals surface area contributed by atoms with E-state index in [4.69, 9.17) is 9.47 Å². The fraction of sp³-hybridized carbons (Fsp3) is 0.410. The second-order valence-electron chi connectivity index (χ2n) is 12.2. The van der Waals surface area contributed by atoms with Gasteiger partial charge in [-0.3, -0.25) is 9.00 Å². The first kappa shape index (κ1) is 36.0. The number of fused-ring (bicyclic) bond motifs is 1. The van der Waals surface area contributed by atoms with Crippen LogP contribution in [-0.2, 0) is 33.3 Å². The Morgan fingerprint density at radius 2 is 1.67 bits per heavy atom. The van der Waals surface area contributed by atoms with Crippen LogP contribution in [0.1, 0.15) is 64.3 Å². The number of amides is 1. The molecular formula is C39H49N5O4S. The lowest BCUT2D eigenvalue weighted by Gasteiger charge is -2.25. The summed E-state index contributed by atoms with van der Waals surface area (Å²) in [6, 6.07) is 21.9. The lowest BCUT2D eigenvalue weighted by atomic mass is 10.00. The number of unbranched alkanes of at least 4 members (excludes halogenated alkanes) is 1. The zero-order chi connectivity index (χ0) is 34.4. The number of benzene rings is 3. The molecule has 49 heavy (non-hydrogen) atoms. The average molecular weight is 684 g/mol. The summed E-state index contributed by atoms with van der Waals surface area (Å²) in [6.45, 7) is 10.8. The highest BCUT2D eigenvalue weighted by atomic mass is 32.2. The first-order chi connectivity index (χ1) is 24.0. The molecule has 4 aromatic rings. The van der Waals surface area contributed by atoms with Crippen molar-refractivity contribution in [1.29, 1.82) is 0 Å². The number of rotatable bonds is 18. The average Bonchev–Trinajstić information content (AvgIpc) is 3.48. The van der Waals surface area contributed by atoms with Crippen molar-refractivity contribution in [2.45, 2.75) is 70.7 Å². The smallest absolute Gasteiger partial charge is 0.251 e. The topological polar surface area (TPSA) is 98.6 Å². The normalized spacial score (nSPS) is 13.4. The molecule has 0 saturated carbocycles. The molecule has 1 aliphatic heterocycles. The Balaban J connectivity index is 1.24. The molecule has 2 heterocycles. The number of ether oxygens (including phenoxy) is 2. The van der Waals surface area contributed by atoms with Crippen LogP contribution in [0.4, 0.5) is 11.4 Å². The summed E-state index contributed by atoms with van der Waals surface area (Å²) in [5, 5.41) is 11.3. The Morgan fingerprint density at radius 1 is 0.898 bits per heavy atom. The minimum absolute atomic E-state index is 0.126. The van der Waals surface area contributed by atoms with Crippen molar-refractivity contribution in [1.82, 2.24) is 14.8 Å². The molecule has 5 rings (SSSR count). The van der Waals surface area contributed by atoms with Crippen molar-refractivity contribution in [3.8, 4) is 16.9 Å². The summed E-state index contributed by atoms with van der Waals surface area (Å²) >= 11 is 0. The minimum atomic E-state index is -1.18. The number of hydrogen-bond donors (Lipinski definition) is 1. The molecule has 260 valence electrons. The van der Waals surface area contributed by atoms with Crippen LogP contribution in [0.5, 0.6) is 5.75 Å². The minimum Gasteiger partial charge on any atom is -0.491 e. The standard InChI is InChI=1S/C39H49N5O4S/c1-4-7-23-47-24-25-48-35-13-8-30(9-14-35)31-10-17-37-33(27-31)28-32(18-22-43(37)20-5-2)39(45)41-34-11-15-36(16-12-34)49(46)26-19-38-42-40-29-44(38)21-6-3/h8-17,27-29H,4-7,18-26H2,1-3H3,(H,41,45). The van der Waals surface area contributed by atoms with Gasteiger partial charge in [0.15, 0.2) is 0 Å². The molecular weight excluding hydrogens is 635 g/mol. The molecule has 0 bridgehead atoms. The van der Waals surface area contributed by atoms with Crippen LogP contribution in [-0.4, -0.2) is 63.5 Å². The van der Waals surface area contributed by atoms with Crippen LogP contribution < -0.4 is 15.0 Å². The van der Waals surface area contributed by atoms with Crippen molar-refractivity contribution in [2.75, 3.05) is 48.9 Å². The lowest BCUT2D eigenvalue weighted by Crippen LogP contribution is -2.26. The third-order valence-corrected chi connectivity index (χ3v) is 9.88. The summed E-state index contributed by atoms with van der Waals surface area (Å²) in [5.74, 6) is 2.00. The fourth-order valence-corrected chi connectivity index (χ4v) is 6.91. The van der Waals surface area contributed by atoms with E-state index >= 15 is 0 Å². The van der Waals surface area contributed by atoms with Gasteiger partial charge in [0.05, 0.1) is 17.4 Å². The van der Waals surface area contributed by atoms with Crippen LogP contribution in [0.3, 0.4) is 0 Å². The second-order valence-corrected chi connectivity index (χ2v) is 13.8. The molecule has 1 unspecified atom stereocenters. The molecule has 1 amide bonds. The predicted octanol–water partition coefficient (Wildman–Crippen LogP) is 7.54. The Hall–Kier alpha value is -4.28. The van der Waals surface area contributed by atoms with Crippen molar-refractivity contribution >= 4 is 34.2 Å². The van der Waals surface area contributed by atoms with E-state index < -0.39 is 10.8 Å². The number of hydrogen-bond acceptors (Lipinski definition) is 7. The summed E-state index contributed by atoms with van der Waals surface area (Å²) in [6.07, 6.45) is 9.17. The maximum atomic E-state index is 13.6. The van der Waals surface area contributed by atoms with Gasteiger partial charge in [-0.15, -0.1) is 10.2 Å². The fourth-order valence-electron chi connectivity index (χ4n) is 5.87. The second kappa shape index (κ2) is 18.5. The van der Waals surface area contributed by atoms with Crippen molar-refractivity contribution in [3.05, 3.63) is 90.0 Å². The lowest BCUT2D eigenvalue weighted by molar-refractivity contribution is -0.112. The number of aromatic nitrogens is 3. The van der Waals surface area contributed by atoms with E-state index in [1.54, 1.807) is 6.33 Å². The summed E-state index contributed by atoms with van der Waals surface area (Å²) < 4.78 is 26.5. The number of aryl methyl sites for hydroxylation is 2. The Labute approximate surface area is 293 Å². The van der Waals surface area contributed by atoms with Gasteiger partial charge in [0.1, 0.15) is 24.5 Å². The molecule has 0 fully saturated rings. The van der Waals surface area contributed by atoms with E-state index in [0.717, 1.165) is 96.3 Å². The zero-order valence-electron chi connectivity index (χ0n) is 29.0. The molecule has 0 radical (unpaired) electrons. The van der Waals surface area contributed by atoms with Crippen molar-refractivity contribution < 1.29 is 18.5 Å². The van der Waals surface area contributed by atoms with Gasteiger partial charge < -0.3 is 24.3 Å². The number of carbonyl (C=O) groups is 1. The predicted molar refractivity (Wildman–Crippen MR) is 199 cm³/mol. The first-order valence-corrected chi connectivity index (χ1v) is 18.9. The Bertz CT molecular complexity index is 1700. The Kier molecular flexibility index (Phi) is 13.6. The van der Waals surface area contributed by atoms with Crippen LogP contribution in [0.2, 0.25) is 0 Å². The van der Waals surface area contributed by atoms with Gasteiger partial charge in [-0.25, -0.2) is 0 Å².